The van der Waals surface area contributed by atoms with E-state index in [0.29, 0.717) is 43.7 Å². The van der Waals surface area contributed by atoms with E-state index in [2.05, 4.69) is 15.5 Å². The van der Waals surface area contributed by atoms with E-state index in [-0.39, 0.29) is 11.9 Å². The first-order chi connectivity index (χ1) is 11.6. The molecule has 2 rings (SSSR count). The molecular weight excluding hydrogens is 348 g/mol. The molecule has 0 unspecified atom stereocenters. The second-order valence-electron chi connectivity index (χ2n) is 4.99. The number of carbonyl (C=O) groups is 2. The molecule has 0 atom stereocenters. The molecule has 0 spiro atoms. The van der Waals surface area contributed by atoms with Crippen LogP contribution in [-0.2, 0) is 20.9 Å². The van der Waals surface area contributed by atoms with Gasteiger partial charge in [0.15, 0.2) is 10.6 Å². The van der Waals surface area contributed by atoms with E-state index in [1.54, 1.807) is 18.3 Å². The summed E-state index contributed by atoms with van der Waals surface area (Å²) < 4.78 is 7.14. The van der Waals surface area contributed by atoms with Crippen LogP contribution >= 0.6 is 23.6 Å². The van der Waals surface area contributed by atoms with Gasteiger partial charge in [-0.1, -0.05) is 6.07 Å². The number of aromatic nitrogens is 3. The zero-order valence-electron chi connectivity index (χ0n) is 13.4. The van der Waals surface area contributed by atoms with E-state index in [1.807, 2.05) is 22.1 Å². The smallest absolute Gasteiger partial charge is 0.305 e. The number of aromatic amines is 1. The molecule has 1 amide bonds. The van der Waals surface area contributed by atoms with Gasteiger partial charge in [-0.25, -0.2) is 0 Å². The lowest BCUT2D eigenvalue weighted by Crippen LogP contribution is -2.26. The van der Waals surface area contributed by atoms with Gasteiger partial charge in [0.2, 0.25) is 5.91 Å². The summed E-state index contributed by atoms with van der Waals surface area (Å²) in [6.45, 7) is 3.05. The predicted molar refractivity (Wildman–Crippen MR) is 94.2 cm³/mol. The Morgan fingerprint density at radius 1 is 1.46 bits per heavy atom. The minimum absolute atomic E-state index is 0.0842. The number of hydrogen-bond donors (Lipinski definition) is 2. The lowest BCUT2D eigenvalue weighted by Gasteiger charge is -2.07. The Hall–Kier alpha value is -2.00. The number of amides is 1. The lowest BCUT2D eigenvalue weighted by molar-refractivity contribution is -0.143. The van der Waals surface area contributed by atoms with Crippen LogP contribution in [0.15, 0.2) is 17.5 Å². The summed E-state index contributed by atoms with van der Waals surface area (Å²) in [6, 6.07) is 3.90. The number of hydrogen-bond acceptors (Lipinski definition) is 6. The molecule has 0 radical (unpaired) electrons. The molecule has 7 nitrogen and oxygen atoms in total. The van der Waals surface area contributed by atoms with Gasteiger partial charge in [-0.2, -0.15) is 5.10 Å². The average Bonchev–Trinajstić information content (AvgIpc) is 3.19. The van der Waals surface area contributed by atoms with Crippen molar-refractivity contribution in [2.45, 2.75) is 32.7 Å². The van der Waals surface area contributed by atoms with Crippen LogP contribution in [0.25, 0.3) is 10.7 Å². The van der Waals surface area contributed by atoms with Gasteiger partial charge in [-0.05, 0) is 37.0 Å². The lowest BCUT2D eigenvalue weighted by atomic mass is 10.3. The van der Waals surface area contributed by atoms with Crippen LogP contribution in [0.4, 0.5) is 0 Å². The third kappa shape index (κ3) is 5.27. The predicted octanol–water partition coefficient (Wildman–Crippen LogP) is 2.52. The summed E-state index contributed by atoms with van der Waals surface area (Å²) in [6.07, 6.45) is 1.17. The number of carbonyl (C=O) groups excluding carboxylic acids is 2. The fraction of sp³-hybridized carbons (Fsp3) is 0.467. The summed E-state index contributed by atoms with van der Waals surface area (Å²) in [5.74, 6) is 0.418. The molecule has 0 bridgehead atoms. The maximum atomic E-state index is 11.9. The number of nitrogens with zero attached hydrogens (tertiary/aromatic N) is 2. The highest BCUT2D eigenvalue weighted by molar-refractivity contribution is 7.71. The molecular formula is C15H20N4O3S2. The molecule has 2 heterocycles. The molecule has 0 fully saturated rings. The van der Waals surface area contributed by atoms with Crippen LogP contribution in [-0.4, -0.2) is 39.8 Å². The molecule has 0 saturated carbocycles. The molecule has 2 N–H and O–H groups in total. The van der Waals surface area contributed by atoms with Crippen molar-refractivity contribution in [2.75, 3.05) is 13.2 Å². The SMILES string of the molecule is CCOC(=O)CCCNC(=O)CCn1c(-c2cccs2)n[nH]c1=S. The van der Waals surface area contributed by atoms with Crippen LogP contribution in [0, 0.1) is 4.77 Å². The van der Waals surface area contributed by atoms with E-state index in [0.717, 1.165) is 10.7 Å². The van der Waals surface area contributed by atoms with Crippen LogP contribution < -0.4 is 5.32 Å². The molecule has 2 aromatic heterocycles. The Bertz CT molecular complexity index is 721. The second-order valence-corrected chi connectivity index (χ2v) is 6.32. The first kappa shape index (κ1) is 18.3. The summed E-state index contributed by atoms with van der Waals surface area (Å²) in [7, 11) is 0. The summed E-state index contributed by atoms with van der Waals surface area (Å²) in [5.41, 5.74) is 0. The topological polar surface area (TPSA) is 89.0 Å². The van der Waals surface area contributed by atoms with Crippen molar-refractivity contribution in [1.29, 1.82) is 0 Å². The number of rotatable bonds is 9. The highest BCUT2D eigenvalue weighted by atomic mass is 32.1. The van der Waals surface area contributed by atoms with Crippen LogP contribution in [0.1, 0.15) is 26.2 Å². The van der Waals surface area contributed by atoms with Crippen molar-refractivity contribution >= 4 is 35.4 Å². The molecule has 0 saturated heterocycles. The third-order valence-electron chi connectivity index (χ3n) is 3.25. The van der Waals surface area contributed by atoms with Crippen molar-refractivity contribution in [3.63, 3.8) is 0 Å². The standard InChI is InChI=1S/C15H20N4O3S2/c1-2-22-13(21)6-3-8-16-12(20)7-9-19-14(17-18-15(19)23)11-5-4-10-24-11/h4-5,10H,2-3,6-9H2,1H3,(H,16,20)(H,18,23). The average molecular weight is 368 g/mol. The van der Waals surface area contributed by atoms with Crippen molar-refractivity contribution < 1.29 is 14.3 Å². The molecule has 24 heavy (non-hydrogen) atoms. The van der Waals surface area contributed by atoms with E-state index in [9.17, 15) is 9.59 Å². The van der Waals surface area contributed by atoms with Crippen molar-refractivity contribution in [2.24, 2.45) is 0 Å². The summed E-state index contributed by atoms with van der Waals surface area (Å²) in [4.78, 5) is 24.1. The van der Waals surface area contributed by atoms with E-state index in [4.69, 9.17) is 17.0 Å². The van der Waals surface area contributed by atoms with Crippen molar-refractivity contribution in [3.8, 4) is 10.7 Å². The van der Waals surface area contributed by atoms with Crippen LogP contribution in [0.3, 0.4) is 0 Å². The van der Waals surface area contributed by atoms with Gasteiger partial charge in [0, 0.05) is 25.9 Å². The minimum atomic E-state index is -0.239. The second kappa shape index (κ2) is 9.33. The molecule has 2 aromatic rings. The van der Waals surface area contributed by atoms with Gasteiger partial charge in [0.25, 0.3) is 0 Å². The number of ether oxygens (including phenoxy) is 1. The van der Waals surface area contributed by atoms with Crippen molar-refractivity contribution in [3.05, 3.63) is 22.3 Å². The Morgan fingerprint density at radius 3 is 3.00 bits per heavy atom. The van der Waals surface area contributed by atoms with Gasteiger partial charge in [0.05, 0.1) is 11.5 Å². The third-order valence-corrected chi connectivity index (χ3v) is 4.42. The zero-order chi connectivity index (χ0) is 17.4. The maximum absolute atomic E-state index is 11.9. The van der Waals surface area contributed by atoms with E-state index in [1.165, 1.54) is 0 Å². The zero-order valence-corrected chi connectivity index (χ0v) is 15.0. The fourth-order valence-electron chi connectivity index (χ4n) is 2.11. The molecule has 0 aliphatic carbocycles. The minimum Gasteiger partial charge on any atom is -0.466 e. The normalized spacial score (nSPS) is 10.5. The quantitative estimate of drug-likeness (QED) is 0.403. The Morgan fingerprint density at radius 2 is 2.29 bits per heavy atom. The largest absolute Gasteiger partial charge is 0.466 e. The summed E-state index contributed by atoms with van der Waals surface area (Å²) in [5, 5.41) is 11.7. The van der Waals surface area contributed by atoms with Gasteiger partial charge < -0.3 is 10.1 Å². The van der Waals surface area contributed by atoms with Crippen molar-refractivity contribution in [1.82, 2.24) is 20.1 Å². The first-order valence-electron chi connectivity index (χ1n) is 7.73. The molecule has 9 heteroatoms. The number of H-pyrrole nitrogens is 1. The van der Waals surface area contributed by atoms with E-state index >= 15 is 0 Å². The van der Waals surface area contributed by atoms with E-state index < -0.39 is 0 Å². The molecule has 0 aromatic carbocycles. The Labute approximate surface area is 149 Å². The maximum Gasteiger partial charge on any atom is 0.305 e. The monoisotopic (exact) mass is 368 g/mol. The number of esters is 1. The highest BCUT2D eigenvalue weighted by Crippen LogP contribution is 2.22. The number of thiophene rings is 1. The van der Waals surface area contributed by atoms with Crippen LogP contribution in [0.5, 0.6) is 0 Å². The van der Waals surface area contributed by atoms with Gasteiger partial charge in [-0.15, -0.1) is 11.3 Å². The van der Waals surface area contributed by atoms with Gasteiger partial charge >= 0.3 is 5.97 Å². The highest BCUT2D eigenvalue weighted by Gasteiger charge is 2.11. The molecule has 0 aliphatic heterocycles. The fourth-order valence-corrected chi connectivity index (χ4v) is 3.06. The number of nitrogens with one attached hydrogen (secondary N) is 2. The van der Waals surface area contributed by atoms with Gasteiger partial charge in [-0.3, -0.25) is 19.3 Å². The Kier molecular flexibility index (Phi) is 7.13. The molecule has 0 aliphatic rings. The summed E-state index contributed by atoms with van der Waals surface area (Å²) >= 11 is 6.79. The Balaban J connectivity index is 1.78. The first-order valence-corrected chi connectivity index (χ1v) is 9.02. The van der Waals surface area contributed by atoms with Crippen LogP contribution in [0.2, 0.25) is 0 Å². The molecule has 130 valence electrons. The van der Waals surface area contributed by atoms with Gasteiger partial charge in [0.1, 0.15) is 0 Å².